The van der Waals surface area contributed by atoms with Crippen molar-refractivity contribution in [2.75, 3.05) is 0 Å². The highest BCUT2D eigenvalue weighted by atomic mass is 35.5. The minimum atomic E-state index is 0.870. The molecule has 4 aromatic heterocycles. The van der Waals surface area contributed by atoms with E-state index in [1.54, 1.807) is 22.7 Å². The standard InChI is InChI=1S/C32H40Cl2S4/c1-3-5-7-9-11-13-15-23-21-27(37-31(23)25-17-19-29(33)35-25)28-22-24(16-14-12-10-8-6-4-2)32(38-28)26-18-20-30(34)36-26/h17-22H,3-16H2,1-2H3. The van der Waals surface area contributed by atoms with Gasteiger partial charge in [-0.05, 0) is 73.2 Å². The van der Waals surface area contributed by atoms with Gasteiger partial charge in [-0.1, -0.05) is 101 Å². The molecule has 0 aromatic carbocycles. The lowest BCUT2D eigenvalue weighted by Crippen LogP contribution is -1.86. The van der Waals surface area contributed by atoms with Crippen LogP contribution in [0.25, 0.3) is 29.3 Å². The number of halogens is 2. The lowest BCUT2D eigenvalue weighted by Gasteiger charge is -2.02. The molecule has 4 heterocycles. The van der Waals surface area contributed by atoms with Crippen molar-refractivity contribution in [3.63, 3.8) is 0 Å². The Bertz CT molecular complexity index is 1150. The highest BCUT2D eigenvalue weighted by molar-refractivity contribution is 7.29. The van der Waals surface area contributed by atoms with Crippen LogP contribution in [0.5, 0.6) is 0 Å². The molecule has 0 atom stereocenters. The molecule has 0 fully saturated rings. The number of rotatable bonds is 17. The van der Waals surface area contributed by atoms with E-state index in [0.717, 1.165) is 21.5 Å². The first-order chi connectivity index (χ1) is 18.6. The molecule has 0 aliphatic carbocycles. The largest absolute Gasteiger partial charge is 0.133 e. The average molecular weight is 624 g/mol. The summed E-state index contributed by atoms with van der Waals surface area (Å²) in [5.41, 5.74) is 2.98. The van der Waals surface area contributed by atoms with Crippen molar-refractivity contribution >= 4 is 68.5 Å². The third kappa shape index (κ3) is 8.69. The zero-order valence-electron chi connectivity index (χ0n) is 22.8. The first-order valence-corrected chi connectivity index (χ1v) is 18.4. The van der Waals surface area contributed by atoms with E-state index in [1.807, 2.05) is 34.8 Å². The Labute approximate surface area is 256 Å². The molecule has 0 nitrogen and oxygen atoms in total. The molecule has 4 rings (SSSR count). The van der Waals surface area contributed by atoms with Crippen molar-refractivity contribution < 1.29 is 0 Å². The fourth-order valence-electron chi connectivity index (χ4n) is 4.95. The molecule has 0 saturated carbocycles. The zero-order chi connectivity index (χ0) is 26.7. The Morgan fingerprint density at radius 2 is 0.868 bits per heavy atom. The van der Waals surface area contributed by atoms with E-state index in [1.165, 1.54) is 117 Å². The predicted octanol–water partition coefficient (Wildman–Crippen LogP) is 14.0. The van der Waals surface area contributed by atoms with Crippen molar-refractivity contribution in [3.8, 4) is 29.3 Å². The zero-order valence-corrected chi connectivity index (χ0v) is 27.5. The molecule has 206 valence electrons. The number of hydrogen-bond donors (Lipinski definition) is 0. The van der Waals surface area contributed by atoms with E-state index >= 15 is 0 Å². The van der Waals surface area contributed by atoms with E-state index in [9.17, 15) is 0 Å². The summed E-state index contributed by atoms with van der Waals surface area (Å²) < 4.78 is 1.74. The van der Waals surface area contributed by atoms with Crippen LogP contribution in [0, 0.1) is 0 Å². The third-order valence-electron chi connectivity index (χ3n) is 7.05. The van der Waals surface area contributed by atoms with Crippen molar-refractivity contribution in [1.82, 2.24) is 0 Å². The number of hydrogen-bond acceptors (Lipinski definition) is 4. The van der Waals surface area contributed by atoms with Gasteiger partial charge in [0, 0.05) is 29.3 Å². The SMILES string of the molecule is CCCCCCCCc1cc(-c2cc(CCCCCCCC)c(-c3ccc(Cl)s3)s2)sc1-c1ccc(Cl)s1. The van der Waals surface area contributed by atoms with Crippen LogP contribution in [0.3, 0.4) is 0 Å². The molecule has 0 N–H and O–H groups in total. The number of aryl methyl sites for hydroxylation is 2. The molecule has 0 aliphatic heterocycles. The molecule has 0 saturated heterocycles. The second-order valence-corrected chi connectivity index (χ2v) is 15.7. The fraction of sp³-hybridized carbons (Fsp3) is 0.500. The molecule has 4 aromatic rings. The minimum absolute atomic E-state index is 0.870. The molecule has 0 radical (unpaired) electrons. The minimum Gasteiger partial charge on any atom is -0.133 e. The normalized spacial score (nSPS) is 11.6. The maximum absolute atomic E-state index is 6.36. The summed E-state index contributed by atoms with van der Waals surface area (Å²) in [4.78, 5) is 8.24. The highest BCUT2D eigenvalue weighted by Gasteiger charge is 2.19. The molecule has 0 bridgehead atoms. The van der Waals surface area contributed by atoms with E-state index in [-0.39, 0.29) is 0 Å². The van der Waals surface area contributed by atoms with E-state index in [2.05, 4.69) is 38.1 Å². The Morgan fingerprint density at radius 3 is 1.24 bits per heavy atom. The van der Waals surface area contributed by atoms with Gasteiger partial charge in [-0.25, -0.2) is 0 Å². The average Bonchev–Trinajstić information content (AvgIpc) is 3.70. The van der Waals surface area contributed by atoms with Crippen LogP contribution in [-0.2, 0) is 12.8 Å². The van der Waals surface area contributed by atoms with Gasteiger partial charge < -0.3 is 0 Å². The first kappa shape index (κ1) is 30.3. The van der Waals surface area contributed by atoms with Crippen LogP contribution < -0.4 is 0 Å². The Kier molecular flexibility index (Phi) is 12.8. The van der Waals surface area contributed by atoms with Gasteiger partial charge >= 0.3 is 0 Å². The maximum atomic E-state index is 6.36. The van der Waals surface area contributed by atoms with Crippen LogP contribution in [0.2, 0.25) is 8.67 Å². The summed E-state index contributed by atoms with van der Waals surface area (Å²) in [6.07, 6.45) is 18.2. The summed E-state index contributed by atoms with van der Waals surface area (Å²) in [7, 11) is 0. The molecule has 0 amide bonds. The molecular formula is C32H40Cl2S4. The van der Waals surface area contributed by atoms with Gasteiger partial charge in [-0.3, -0.25) is 0 Å². The van der Waals surface area contributed by atoms with Crippen molar-refractivity contribution in [2.24, 2.45) is 0 Å². The van der Waals surface area contributed by atoms with Crippen molar-refractivity contribution in [1.29, 1.82) is 0 Å². The van der Waals surface area contributed by atoms with Crippen molar-refractivity contribution in [2.45, 2.75) is 104 Å². The number of unbranched alkanes of at least 4 members (excludes halogenated alkanes) is 10. The Morgan fingerprint density at radius 1 is 0.474 bits per heavy atom. The van der Waals surface area contributed by atoms with Crippen molar-refractivity contribution in [3.05, 3.63) is 56.2 Å². The van der Waals surface area contributed by atoms with E-state index < -0.39 is 0 Å². The summed E-state index contributed by atoms with van der Waals surface area (Å²) >= 11 is 20.0. The third-order valence-corrected chi connectivity index (χ3v) is 12.4. The van der Waals surface area contributed by atoms with Gasteiger partial charge in [-0.2, -0.15) is 0 Å². The fourth-order valence-corrected chi connectivity index (χ4v) is 9.82. The van der Waals surface area contributed by atoms with Gasteiger partial charge in [0.25, 0.3) is 0 Å². The Hall–Kier alpha value is -0.620. The van der Waals surface area contributed by atoms with Gasteiger partial charge in [0.05, 0.1) is 8.67 Å². The van der Waals surface area contributed by atoms with Crippen LogP contribution in [-0.4, -0.2) is 0 Å². The van der Waals surface area contributed by atoms with E-state index in [0.29, 0.717) is 0 Å². The summed E-state index contributed by atoms with van der Waals surface area (Å²) in [6.45, 7) is 4.57. The van der Waals surface area contributed by atoms with E-state index in [4.69, 9.17) is 23.2 Å². The maximum Gasteiger partial charge on any atom is 0.0935 e. The van der Waals surface area contributed by atoms with Gasteiger partial charge in [-0.15, -0.1) is 45.3 Å². The Balaban J connectivity index is 1.56. The lowest BCUT2D eigenvalue weighted by atomic mass is 10.0. The summed E-state index contributed by atoms with van der Waals surface area (Å²) in [5, 5.41) is 0. The monoisotopic (exact) mass is 622 g/mol. The second kappa shape index (κ2) is 16.0. The lowest BCUT2D eigenvalue weighted by molar-refractivity contribution is 0.608. The molecule has 0 aliphatic rings. The van der Waals surface area contributed by atoms with Crippen LogP contribution in [0.4, 0.5) is 0 Å². The summed E-state index contributed by atoms with van der Waals surface area (Å²) in [6, 6.07) is 13.4. The molecule has 38 heavy (non-hydrogen) atoms. The number of thiophene rings is 4. The predicted molar refractivity (Wildman–Crippen MR) is 178 cm³/mol. The smallest absolute Gasteiger partial charge is 0.0935 e. The quantitative estimate of drug-likeness (QED) is 0.103. The van der Waals surface area contributed by atoms with Gasteiger partial charge in [0.15, 0.2) is 0 Å². The van der Waals surface area contributed by atoms with Crippen LogP contribution in [0.1, 0.15) is 102 Å². The van der Waals surface area contributed by atoms with Gasteiger partial charge in [0.1, 0.15) is 0 Å². The summed E-state index contributed by atoms with van der Waals surface area (Å²) in [5.74, 6) is 0. The molecule has 6 heteroatoms. The first-order valence-electron chi connectivity index (χ1n) is 14.4. The molecule has 0 unspecified atom stereocenters. The molecule has 0 spiro atoms. The van der Waals surface area contributed by atoms with Crippen LogP contribution in [0.15, 0.2) is 36.4 Å². The molecular weight excluding hydrogens is 584 g/mol. The van der Waals surface area contributed by atoms with Gasteiger partial charge in [0.2, 0.25) is 0 Å². The highest BCUT2D eigenvalue weighted by Crippen LogP contribution is 2.47. The second-order valence-electron chi connectivity index (χ2n) is 10.2. The topological polar surface area (TPSA) is 0 Å². The van der Waals surface area contributed by atoms with Crippen LogP contribution >= 0.6 is 68.5 Å².